The molecule has 2 heterocycles. The quantitative estimate of drug-likeness (QED) is 0.337. The van der Waals surface area contributed by atoms with Gasteiger partial charge in [0.05, 0.1) is 6.61 Å². The fraction of sp³-hybridized carbons (Fsp3) is 0.450. The van der Waals surface area contributed by atoms with Crippen LogP contribution < -0.4 is 16.5 Å². The van der Waals surface area contributed by atoms with Crippen molar-refractivity contribution in [2.75, 3.05) is 19.0 Å². The summed E-state index contributed by atoms with van der Waals surface area (Å²) < 4.78 is 57.9. The van der Waals surface area contributed by atoms with Crippen LogP contribution in [0.1, 0.15) is 18.7 Å². The summed E-state index contributed by atoms with van der Waals surface area (Å²) in [6, 6.07) is 9.00. The molecule has 3 rings (SSSR count). The minimum atomic E-state index is -3.88. The number of nitrogen functional groups attached to an aromatic ring is 1. The standard InChI is InChI=1S/C20H25F2N4O7P/c1-12(17(28)31-10-13-6-4-3-5-7-13)25-34(2,30)32-11-14-16(27)20(21,22)18(33-14)26-9-8-15(23)24-19(26)29/h3-9,12,14,16,18,27H,10-11H2,1-2H3,(H,25,30)(H2,23,24,29)/t12-,14+,16-,18+,34-/m0/s1. The molecule has 0 radical (unpaired) electrons. The second kappa shape index (κ2) is 10.3. The Morgan fingerprint density at radius 2 is 2.06 bits per heavy atom. The molecule has 1 aromatic heterocycles. The molecule has 11 nitrogen and oxygen atoms in total. The Bertz CT molecular complexity index is 1120. The number of hydrogen-bond acceptors (Lipinski definition) is 9. The molecule has 0 saturated carbocycles. The number of nitrogens with two attached hydrogens (primary N) is 1. The third-order valence-corrected chi connectivity index (χ3v) is 6.47. The van der Waals surface area contributed by atoms with E-state index in [0.29, 0.717) is 4.57 Å². The van der Waals surface area contributed by atoms with Crippen LogP contribution in [0.25, 0.3) is 0 Å². The SMILES string of the molecule is C[C@H](N[P@@](C)(=O)OC[C@H]1O[C@@H](n2ccc(N)nc2=O)C(F)(F)[C@H]1O)C(=O)OCc1ccccc1. The molecule has 0 unspecified atom stereocenters. The molecule has 0 amide bonds. The number of carbonyl (C=O) groups is 1. The van der Waals surface area contributed by atoms with Crippen LogP contribution in [-0.4, -0.2) is 58.1 Å². The summed E-state index contributed by atoms with van der Waals surface area (Å²) in [4.78, 5) is 27.5. The monoisotopic (exact) mass is 502 g/mol. The van der Waals surface area contributed by atoms with Gasteiger partial charge in [0.15, 0.2) is 6.10 Å². The zero-order valence-corrected chi connectivity index (χ0v) is 19.2. The normalized spacial score (nSPS) is 24.3. The average molecular weight is 502 g/mol. The van der Waals surface area contributed by atoms with Crippen LogP contribution in [0.15, 0.2) is 47.4 Å². The Morgan fingerprint density at radius 3 is 2.71 bits per heavy atom. The van der Waals surface area contributed by atoms with Crippen molar-refractivity contribution < 1.29 is 37.2 Å². The van der Waals surface area contributed by atoms with E-state index in [2.05, 4.69) is 10.1 Å². The number of aliphatic hydroxyl groups is 1. The van der Waals surface area contributed by atoms with Crippen LogP contribution in [0.4, 0.5) is 14.6 Å². The van der Waals surface area contributed by atoms with E-state index < -0.39 is 56.2 Å². The van der Waals surface area contributed by atoms with Crippen LogP contribution in [0.5, 0.6) is 0 Å². The number of ether oxygens (including phenoxy) is 2. The van der Waals surface area contributed by atoms with E-state index in [4.69, 9.17) is 19.7 Å². The summed E-state index contributed by atoms with van der Waals surface area (Å²) in [5.74, 6) is -4.75. The highest BCUT2D eigenvalue weighted by Crippen LogP contribution is 2.45. The van der Waals surface area contributed by atoms with Crippen LogP contribution in [-0.2, 0) is 30.0 Å². The number of rotatable bonds is 9. The molecule has 1 aliphatic heterocycles. The van der Waals surface area contributed by atoms with Gasteiger partial charge in [0, 0.05) is 12.9 Å². The summed E-state index contributed by atoms with van der Waals surface area (Å²) in [6.45, 7) is 1.84. The molecule has 0 aliphatic carbocycles. The zero-order valence-electron chi connectivity index (χ0n) is 18.3. The first-order valence-electron chi connectivity index (χ1n) is 10.2. The summed E-state index contributed by atoms with van der Waals surface area (Å²) in [5.41, 5.74) is 5.03. The molecule has 0 spiro atoms. The molecule has 1 aromatic carbocycles. The number of hydrogen-bond donors (Lipinski definition) is 3. The van der Waals surface area contributed by atoms with Gasteiger partial charge in [0.2, 0.25) is 6.23 Å². The zero-order chi connectivity index (χ0) is 25.1. The summed E-state index contributed by atoms with van der Waals surface area (Å²) in [5, 5.41) is 12.5. The Morgan fingerprint density at radius 1 is 1.38 bits per heavy atom. The Labute approximate surface area is 193 Å². The van der Waals surface area contributed by atoms with Gasteiger partial charge >= 0.3 is 17.6 Å². The molecule has 1 aliphatic rings. The maximum atomic E-state index is 14.6. The van der Waals surface area contributed by atoms with Gasteiger partial charge in [-0.25, -0.2) is 9.88 Å². The van der Waals surface area contributed by atoms with Crippen molar-refractivity contribution in [1.82, 2.24) is 14.6 Å². The van der Waals surface area contributed by atoms with Gasteiger partial charge in [-0.1, -0.05) is 30.3 Å². The predicted molar refractivity (Wildman–Crippen MR) is 116 cm³/mol. The van der Waals surface area contributed by atoms with Crippen molar-refractivity contribution in [2.24, 2.45) is 0 Å². The smallest absolute Gasteiger partial charge is 0.351 e. The largest absolute Gasteiger partial charge is 0.460 e. The maximum Gasteiger partial charge on any atom is 0.351 e. The van der Waals surface area contributed by atoms with Gasteiger partial charge in [-0.3, -0.25) is 13.9 Å². The molecule has 2 aromatic rings. The fourth-order valence-electron chi connectivity index (χ4n) is 3.22. The van der Waals surface area contributed by atoms with E-state index >= 15 is 0 Å². The molecule has 5 atom stereocenters. The van der Waals surface area contributed by atoms with Crippen molar-refractivity contribution in [3.8, 4) is 0 Å². The number of alkyl halides is 2. The second-order valence-electron chi connectivity index (χ2n) is 7.77. The first-order chi connectivity index (χ1) is 15.9. The number of nitrogens with zero attached hydrogens (tertiary/aromatic N) is 2. The van der Waals surface area contributed by atoms with E-state index in [1.54, 1.807) is 24.3 Å². The van der Waals surface area contributed by atoms with E-state index in [-0.39, 0.29) is 12.4 Å². The van der Waals surface area contributed by atoms with Gasteiger partial charge in [-0.2, -0.15) is 13.8 Å². The third kappa shape index (κ3) is 6.05. The van der Waals surface area contributed by atoms with Gasteiger partial charge in [-0.05, 0) is 18.6 Å². The number of esters is 1. The number of aromatic nitrogens is 2. The Kier molecular flexibility index (Phi) is 7.84. The molecule has 1 saturated heterocycles. The molecule has 186 valence electrons. The molecule has 1 fully saturated rings. The Hall–Kier alpha value is -2.70. The molecular formula is C20H25F2N4O7P. The number of benzene rings is 1. The third-order valence-electron chi connectivity index (χ3n) is 4.97. The van der Waals surface area contributed by atoms with Gasteiger partial charge in [0.1, 0.15) is 24.6 Å². The van der Waals surface area contributed by atoms with Crippen LogP contribution in [0, 0.1) is 0 Å². The fourth-order valence-corrected chi connectivity index (χ4v) is 4.54. The van der Waals surface area contributed by atoms with Gasteiger partial charge in [0.25, 0.3) is 7.52 Å². The summed E-state index contributed by atoms with van der Waals surface area (Å²) in [6.07, 6.45) is -5.20. The molecule has 0 bridgehead atoms. The van der Waals surface area contributed by atoms with E-state index in [0.717, 1.165) is 24.5 Å². The second-order valence-corrected chi connectivity index (χ2v) is 9.98. The maximum absolute atomic E-state index is 14.6. The highest BCUT2D eigenvalue weighted by Gasteiger charge is 2.60. The highest BCUT2D eigenvalue weighted by atomic mass is 31.2. The van der Waals surface area contributed by atoms with E-state index in [9.17, 15) is 28.0 Å². The van der Waals surface area contributed by atoms with Crippen molar-refractivity contribution >= 4 is 19.3 Å². The van der Waals surface area contributed by atoms with Gasteiger partial charge < -0.3 is 24.8 Å². The van der Waals surface area contributed by atoms with Gasteiger partial charge in [-0.15, -0.1) is 0 Å². The first-order valence-corrected chi connectivity index (χ1v) is 12.2. The minimum absolute atomic E-state index is 0.0124. The predicted octanol–water partition coefficient (Wildman–Crippen LogP) is 1.28. The molecule has 34 heavy (non-hydrogen) atoms. The van der Waals surface area contributed by atoms with Crippen LogP contribution in [0.2, 0.25) is 0 Å². The Balaban J connectivity index is 1.57. The molecule has 14 heteroatoms. The van der Waals surface area contributed by atoms with Crippen molar-refractivity contribution in [2.45, 2.75) is 43.9 Å². The lowest BCUT2D eigenvalue weighted by molar-refractivity contribution is -0.146. The number of carbonyl (C=O) groups excluding carboxylic acids is 1. The lowest BCUT2D eigenvalue weighted by atomic mass is 10.1. The van der Waals surface area contributed by atoms with Crippen LogP contribution >= 0.6 is 7.52 Å². The number of halogens is 2. The average Bonchev–Trinajstić information content (AvgIpc) is 3.00. The molecule has 4 N–H and O–H groups in total. The first kappa shape index (κ1) is 25.9. The molecular weight excluding hydrogens is 477 g/mol. The van der Waals surface area contributed by atoms with Crippen molar-refractivity contribution in [3.63, 3.8) is 0 Å². The van der Waals surface area contributed by atoms with Crippen molar-refractivity contribution in [1.29, 1.82) is 0 Å². The lowest BCUT2D eigenvalue weighted by Crippen LogP contribution is -2.42. The van der Waals surface area contributed by atoms with E-state index in [1.807, 2.05) is 6.07 Å². The van der Waals surface area contributed by atoms with Crippen molar-refractivity contribution in [3.05, 3.63) is 58.6 Å². The highest BCUT2D eigenvalue weighted by molar-refractivity contribution is 7.56. The number of aliphatic hydroxyl groups excluding tert-OH is 1. The topological polar surface area (TPSA) is 155 Å². The van der Waals surface area contributed by atoms with E-state index in [1.165, 1.54) is 6.92 Å². The lowest BCUT2D eigenvalue weighted by Gasteiger charge is -2.22. The van der Waals surface area contributed by atoms with Crippen LogP contribution in [0.3, 0.4) is 0 Å². The summed E-state index contributed by atoms with van der Waals surface area (Å²) >= 11 is 0. The number of nitrogens with one attached hydrogen (secondary N) is 1. The summed E-state index contributed by atoms with van der Waals surface area (Å²) in [7, 11) is -3.71. The minimum Gasteiger partial charge on any atom is -0.460 e. The number of anilines is 1.